The average molecular weight is 197 g/mol. The largest absolute Gasteiger partial charge is 0.483 e. The number of aliphatic hydroxyl groups is 1. The molecule has 1 unspecified atom stereocenters. The van der Waals surface area contributed by atoms with E-state index in [1.807, 2.05) is 31.2 Å². The van der Waals surface area contributed by atoms with E-state index >= 15 is 0 Å². The molecule has 1 rings (SSSR count). The van der Waals surface area contributed by atoms with Crippen molar-refractivity contribution in [2.45, 2.75) is 19.6 Å². The first kappa shape index (κ1) is 12.6. The number of carboxylic acid groups (broad SMARTS) is 1. The van der Waals surface area contributed by atoms with Crippen LogP contribution in [0, 0.1) is 0 Å². The summed E-state index contributed by atoms with van der Waals surface area (Å²) in [5, 5.41) is 15.6. The molecule has 78 valence electrons. The highest BCUT2D eigenvalue weighted by molar-refractivity contribution is 5.32. The van der Waals surface area contributed by atoms with E-state index < -0.39 is 0 Å². The molecule has 0 aliphatic heterocycles. The second-order valence-electron chi connectivity index (χ2n) is 2.79. The van der Waals surface area contributed by atoms with Crippen LogP contribution >= 0.6 is 0 Å². The molecule has 0 fully saturated rings. The molecule has 1 aromatic carbocycles. The molecule has 4 heteroatoms. The van der Waals surface area contributed by atoms with Gasteiger partial charge in [0.25, 0.3) is 6.47 Å². The van der Waals surface area contributed by atoms with E-state index in [2.05, 4.69) is 0 Å². The van der Waals surface area contributed by atoms with Crippen molar-refractivity contribution in [3.63, 3.8) is 0 Å². The lowest BCUT2D eigenvalue weighted by Crippen LogP contribution is -2.04. The molecule has 0 spiro atoms. The summed E-state index contributed by atoms with van der Waals surface area (Å²) in [6.07, 6.45) is 0. The second kappa shape index (κ2) is 7.06. The van der Waals surface area contributed by atoms with E-state index in [1.165, 1.54) is 0 Å². The molecule has 0 bridgehead atoms. The third-order valence-electron chi connectivity index (χ3n) is 1.69. The lowest BCUT2D eigenvalue weighted by Gasteiger charge is -2.04. The quantitative estimate of drug-likeness (QED) is 0.615. The Bertz CT molecular complexity index is 257. The van der Waals surface area contributed by atoms with E-state index in [0.29, 0.717) is 0 Å². The Morgan fingerprint density at radius 1 is 1.43 bits per heavy atom. The van der Waals surface area contributed by atoms with Gasteiger partial charge in [-0.25, -0.2) is 0 Å². The van der Waals surface area contributed by atoms with Crippen molar-refractivity contribution in [2.75, 3.05) is 0 Å². The van der Waals surface area contributed by atoms with Crippen LogP contribution in [0.5, 0.6) is 0 Å². The summed E-state index contributed by atoms with van der Waals surface area (Å²) < 4.78 is 0. The number of rotatable bonds is 2. The average Bonchev–Trinajstić information content (AvgIpc) is 2.19. The zero-order valence-electron chi connectivity index (χ0n) is 8.05. The molecule has 0 saturated carbocycles. The van der Waals surface area contributed by atoms with Gasteiger partial charge in [-0.2, -0.15) is 0 Å². The highest BCUT2D eigenvalue weighted by Crippen LogP contribution is 2.10. The maximum Gasteiger partial charge on any atom is 0.290 e. The van der Waals surface area contributed by atoms with Crippen LogP contribution in [0.2, 0.25) is 0 Å². The van der Waals surface area contributed by atoms with Gasteiger partial charge in [0.15, 0.2) is 0 Å². The zero-order chi connectivity index (χ0) is 11.0. The third kappa shape index (κ3) is 4.59. The van der Waals surface area contributed by atoms with Crippen molar-refractivity contribution in [2.24, 2.45) is 5.73 Å². The molecule has 4 N–H and O–H groups in total. The Morgan fingerprint density at radius 3 is 2.14 bits per heavy atom. The van der Waals surface area contributed by atoms with Crippen LogP contribution in [0.1, 0.15) is 24.1 Å². The van der Waals surface area contributed by atoms with Gasteiger partial charge < -0.3 is 15.9 Å². The molecule has 1 aromatic rings. The Kier molecular flexibility index (Phi) is 6.36. The summed E-state index contributed by atoms with van der Waals surface area (Å²) in [6.45, 7) is 1.78. The summed E-state index contributed by atoms with van der Waals surface area (Å²) in [6, 6.07) is 7.73. The molecular formula is C10H15NO3. The first-order chi connectivity index (χ1) is 6.65. The maximum atomic E-state index is 8.74. The monoisotopic (exact) mass is 197 g/mol. The fourth-order valence-corrected chi connectivity index (χ4v) is 0.927. The first-order valence-corrected chi connectivity index (χ1v) is 4.18. The standard InChI is InChI=1S/C9H13NO.CH2O2/c1-7(10)9-4-2-8(6-11)3-5-9;2-1-3/h2-5,7,11H,6,10H2,1H3;1H,(H,2,3). The highest BCUT2D eigenvalue weighted by Gasteiger charge is 1.97. The summed E-state index contributed by atoms with van der Waals surface area (Å²) in [4.78, 5) is 8.36. The summed E-state index contributed by atoms with van der Waals surface area (Å²) >= 11 is 0. The zero-order valence-corrected chi connectivity index (χ0v) is 8.05. The van der Waals surface area contributed by atoms with Crippen molar-refractivity contribution < 1.29 is 15.0 Å². The molecule has 0 aliphatic carbocycles. The molecule has 0 heterocycles. The van der Waals surface area contributed by atoms with Gasteiger partial charge in [0.05, 0.1) is 6.61 Å². The van der Waals surface area contributed by atoms with E-state index in [4.69, 9.17) is 20.7 Å². The fraction of sp³-hybridized carbons (Fsp3) is 0.300. The number of aliphatic hydroxyl groups excluding tert-OH is 1. The van der Waals surface area contributed by atoms with Crippen molar-refractivity contribution >= 4 is 6.47 Å². The number of carbonyl (C=O) groups is 1. The first-order valence-electron chi connectivity index (χ1n) is 4.18. The van der Waals surface area contributed by atoms with E-state index in [1.54, 1.807) is 0 Å². The van der Waals surface area contributed by atoms with Crippen LogP contribution in [0.15, 0.2) is 24.3 Å². The fourth-order valence-electron chi connectivity index (χ4n) is 0.927. The molecule has 14 heavy (non-hydrogen) atoms. The minimum Gasteiger partial charge on any atom is -0.483 e. The van der Waals surface area contributed by atoms with Gasteiger partial charge in [0, 0.05) is 6.04 Å². The highest BCUT2D eigenvalue weighted by atomic mass is 16.3. The number of hydrogen-bond acceptors (Lipinski definition) is 3. The predicted octanol–water partition coefficient (Wildman–Crippen LogP) is 0.899. The Hall–Kier alpha value is -1.39. The molecule has 0 aliphatic rings. The lowest BCUT2D eigenvalue weighted by atomic mass is 10.1. The Labute approximate surface area is 83.0 Å². The molecular weight excluding hydrogens is 182 g/mol. The molecule has 4 nitrogen and oxygen atoms in total. The van der Waals surface area contributed by atoms with E-state index in [-0.39, 0.29) is 19.1 Å². The number of benzene rings is 1. The van der Waals surface area contributed by atoms with Gasteiger partial charge in [-0.15, -0.1) is 0 Å². The van der Waals surface area contributed by atoms with Gasteiger partial charge in [-0.05, 0) is 18.1 Å². The number of nitrogens with two attached hydrogens (primary N) is 1. The van der Waals surface area contributed by atoms with Gasteiger partial charge in [-0.1, -0.05) is 24.3 Å². The van der Waals surface area contributed by atoms with Crippen LogP contribution in [0.25, 0.3) is 0 Å². The van der Waals surface area contributed by atoms with Gasteiger partial charge in [-0.3, -0.25) is 4.79 Å². The maximum absolute atomic E-state index is 8.74. The minimum atomic E-state index is -0.250. The summed E-state index contributed by atoms with van der Waals surface area (Å²) in [5.41, 5.74) is 7.67. The van der Waals surface area contributed by atoms with Crippen LogP contribution in [-0.2, 0) is 11.4 Å². The van der Waals surface area contributed by atoms with Crippen molar-refractivity contribution in [3.8, 4) is 0 Å². The number of hydrogen-bond donors (Lipinski definition) is 3. The smallest absolute Gasteiger partial charge is 0.290 e. The van der Waals surface area contributed by atoms with Crippen LogP contribution in [-0.4, -0.2) is 16.7 Å². The topological polar surface area (TPSA) is 83.5 Å². The molecule has 0 radical (unpaired) electrons. The van der Waals surface area contributed by atoms with E-state index in [9.17, 15) is 0 Å². The molecule has 1 atom stereocenters. The van der Waals surface area contributed by atoms with Crippen molar-refractivity contribution in [1.29, 1.82) is 0 Å². The Balaban J connectivity index is 0.000000500. The Morgan fingerprint density at radius 2 is 1.86 bits per heavy atom. The van der Waals surface area contributed by atoms with Crippen LogP contribution < -0.4 is 5.73 Å². The van der Waals surface area contributed by atoms with Crippen molar-refractivity contribution in [3.05, 3.63) is 35.4 Å². The molecule has 0 saturated heterocycles. The summed E-state index contributed by atoms with van der Waals surface area (Å²) in [5.74, 6) is 0. The van der Waals surface area contributed by atoms with Crippen molar-refractivity contribution in [1.82, 2.24) is 0 Å². The second-order valence-corrected chi connectivity index (χ2v) is 2.79. The normalized spacial score (nSPS) is 11.1. The van der Waals surface area contributed by atoms with Crippen LogP contribution in [0.4, 0.5) is 0 Å². The minimum absolute atomic E-state index is 0.0720. The van der Waals surface area contributed by atoms with Gasteiger partial charge >= 0.3 is 0 Å². The summed E-state index contributed by atoms with van der Waals surface area (Å²) in [7, 11) is 0. The van der Waals surface area contributed by atoms with E-state index in [0.717, 1.165) is 11.1 Å². The molecule has 0 amide bonds. The molecule has 0 aromatic heterocycles. The SMILES string of the molecule is CC(N)c1ccc(CO)cc1.O=CO. The van der Waals surface area contributed by atoms with Gasteiger partial charge in [0.1, 0.15) is 0 Å². The predicted molar refractivity (Wildman–Crippen MR) is 53.7 cm³/mol. The van der Waals surface area contributed by atoms with Gasteiger partial charge in [0.2, 0.25) is 0 Å². The van der Waals surface area contributed by atoms with Crippen LogP contribution in [0.3, 0.4) is 0 Å². The third-order valence-corrected chi connectivity index (χ3v) is 1.69. The lowest BCUT2D eigenvalue weighted by molar-refractivity contribution is -0.122.